The fraction of sp³-hybridized carbons (Fsp3) is 0.308. The van der Waals surface area contributed by atoms with Gasteiger partial charge in [0.15, 0.2) is 0 Å². The van der Waals surface area contributed by atoms with Gasteiger partial charge >= 0.3 is 0 Å². The first-order valence-electron chi connectivity index (χ1n) is 6.03. The van der Waals surface area contributed by atoms with Crippen LogP contribution in [0.25, 0.3) is 0 Å². The Hall–Kier alpha value is -2.37. The van der Waals surface area contributed by atoms with Gasteiger partial charge in [-0.25, -0.2) is 9.67 Å². The number of hydrogen-bond acceptors (Lipinski definition) is 4. The van der Waals surface area contributed by atoms with E-state index in [0.717, 1.165) is 0 Å². The average molecular weight is 259 g/mol. The van der Waals surface area contributed by atoms with Gasteiger partial charge in [0.1, 0.15) is 17.7 Å². The number of nitrogens with two attached hydrogens (primary N) is 1. The quantitative estimate of drug-likeness (QED) is 0.821. The van der Waals surface area contributed by atoms with Crippen LogP contribution in [0.5, 0.6) is 0 Å². The molecule has 1 unspecified atom stereocenters. The number of aromatic nitrogens is 3. The van der Waals surface area contributed by atoms with E-state index in [-0.39, 0.29) is 5.91 Å². The topological polar surface area (TPSA) is 85.8 Å². The van der Waals surface area contributed by atoms with Crippen LogP contribution in [0.2, 0.25) is 0 Å². The van der Waals surface area contributed by atoms with Crippen molar-refractivity contribution in [3.63, 3.8) is 0 Å². The summed E-state index contributed by atoms with van der Waals surface area (Å²) in [6.07, 6.45) is 0. The number of nitrogens with one attached hydrogen (secondary N) is 1. The lowest BCUT2D eigenvalue weighted by molar-refractivity contribution is -0.119. The van der Waals surface area contributed by atoms with Crippen LogP contribution in [0.3, 0.4) is 0 Å². The highest BCUT2D eigenvalue weighted by Gasteiger charge is 2.18. The minimum Gasteiger partial charge on any atom is -0.399 e. The maximum atomic E-state index is 12.1. The Balaban J connectivity index is 2.14. The third-order valence-electron chi connectivity index (χ3n) is 2.81. The van der Waals surface area contributed by atoms with Gasteiger partial charge < -0.3 is 11.1 Å². The van der Waals surface area contributed by atoms with Gasteiger partial charge in [-0.3, -0.25) is 4.79 Å². The number of aryl methyl sites for hydroxylation is 2. The Labute approximate surface area is 111 Å². The van der Waals surface area contributed by atoms with Crippen LogP contribution in [-0.4, -0.2) is 20.7 Å². The summed E-state index contributed by atoms with van der Waals surface area (Å²) in [6, 6.07) is 6.64. The zero-order valence-corrected chi connectivity index (χ0v) is 11.2. The molecule has 0 radical (unpaired) electrons. The molecule has 6 nitrogen and oxygen atoms in total. The van der Waals surface area contributed by atoms with E-state index >= 15 is 0 Å². The summed E-state index contributed by atoms with van der Waals surface area (Å²) < 4.78 is 1.61. The Morgan fingerprint density at radius 2 is 2.16 bits per heavy atom. The largest absolute Gasteiger partial charge is 0.399 e. The Morgan fingerprint density at radius 1 is 1.42 bits per heavy atom. The van der Waals surface area contributed by atoms with Gasteiger partial charge in [0.05, 0.1) is 0 Å². The van der Waals surface area contributed by atoms with Gasteiger partial charge in [-0.1, -0.05) is 6.07 Å². The first kappa shape index (κ1) is 13.1. The van der Waals surface area contributed by atoms with E-state index < -0.39 is 6.04 Å². The third kappa shape index (κ3) is 2.90. The number of benzene rings is 1. The number of anilines is 2. The molecule has 0 spiro atoms. The standard InChI is InChI=1S/C13H17N5O/c1-8(18-10(3)15-9(2)17-18)13(19)16-12-6-4-5-11(14)7-12/h4-8H,14H2,1-3H3,(H,16,19). The van der Waals surface area contributed by atoms with Crippen molar-refractivity contribution in [2.45, 2.75) is 26.8 Å². The van der Waals surface area contributed by atoms with Gasteiger partial charge in [0, 0.05) is 11.4 Å². The lowest BCUT2D eigenvalue weighted by Gasteiger charge is -2.13. The van der Waals surface area contributed by atoms with Crippen molar-refractivity contribution in [1.29, 1.82) is 0 Å². The molecule has 19 heavy (non-hydrogen) atoms. The number of hydrogen-bond donors (Lipinski definition) is 2. The number of rotatable bonds is 3. The molecular weight excluding hydrogens is 242 g/mol. The highest BCUT2D eigenvalue weighted by atomic mass is 16.2. The Kier molecular flexibility index (Phi) is 3.50. The van der Waals surface area contributed by atoms with Crippen molar-refractivity contribution in [1.82, 2.24) is 14.8 Å². The zero-order valence-electron chi connectivity index (χ0n) is 11.2. The normalized spacial score (nSPS) is 12.2. The summed E-state index contributed by atoms with van der Waals surface area (Å²) in [5.74, 6) is 1.22. The average Bonchev–Trinajstić information content (AvgIpc) is 2.67. The fourth-order valence-electron chi connectivity index (χ4n) is 1.88. The summed E-state index contributed by atoms with van der Waals surface area (Å²) in [6.45, 7) is 5.40. The minimum absolute atomic E-state index is 0.154. The summed E-state index contributed by atoms with van der Waals surface area (Å²) >= 11 is 0. The molecule has 1 aromatic carbocycles. The SMILES string of the molecule is Cc1nc(C)n(C(C)C(=O)Nc2cccc(N)c2)n1. The van der Waals surface area contributed by atoms with Crippen molar-refractivity contribution in [3.05, 3.63) is 35.9 Å². The molecule has 0 aliphatic heterocycles. The van der Waals surface area contributed by atoms with E-state index in [2.05, 4.69) is 15.4 Å². The van der Waals surface area contributed by atoms with Gasteiger partial charge in [-0.15, -0.1) is 0 Å². The number of nitrogen functional groups attached to an aromatic ring is 1. The predicted octanol–water partition coefficient (Wildman–Crippen LogP) is 1.68. The molecule has 0 fully saturated rings. The van der Waals surface area contributed by atoms with Gasteiger partial charge in [0.2, 0.25) is 5.91 Å². The lowest BCUT2D eigenvalue weighted by atomic mass is 10.2. The second-order valence-electron chi connectivity index (χ2n) is 4.44. The monoisotopic (exact) mass is 259 g/mol. The van der Waals surface area contributed by atoms with E-state index in [4.69, 9.17) is 5.73 Å². The molecule has 6 heteroatoms. The third-order valence-corrected chi connectivity index (χ3v) is 2.81. The first-order valence-corrected chi connectivity index (χ1v) is 6.03. The van der Waals surface area contributed by atoms with E-state index in [9.17, 15) is 4.79 Å². The smallest absolute Gasteiger partial charge is 0.249 e. The molecule has 3 N–H and O–H groups in total. The molecule has 0 bridgehead atoms. The molecule has 1 heterocycles. The van der Waals surface area contributed by atoms with Crippen LogP contribution in [0.15, 0.2) is 24.3 Å². The van der Waals surface area contributed by atoms with Crippen LogP contribution >= 0.6 is 0 Å². The van der Waals surface area contributed by atoms with Crippen LogP contribution < -0.4 is 11.1 Å². The second-order valence-corrected chi connectivity index (χ2v) is 4.44. The maximum Gasteiger partial charge on any atom is 0.249 e. The van der Waals surface area contributed by atoms with Crippen LogP contribution in [0.1, 0.15) is 24.6 Å². The van der Waals surface area contributed by atoms with Crippen molar-refractivity contribution < 1.29 is 4.79 Å². The van der Waals surface area contributed by atoms with Crippen molar-refractivity contribution in [3.8, 4) is 0 Å². The first-order chi connectivity index (χ1) is 8.97. The highest BCUT2D eigenvalue weighted by Crippen LogP contribution is 2.15. The number of carbonyl (C=O) groups is 1. The summed E-state index contributed by atoms with van der Waals surface area (Å²) in [4.78, 5) is 16.3. The molecule has 0 saturated heterocycles. The van der Waals surface area contributed by atoms with Gasteiger partial charge in [-0.05, 0) is 39.0 Å². The minimum atomic E-state index is -0.428. The zero-order chi connectivity index (χ0) is 14.0. The summed E-state index contributed by atoms with van der Waals surface area (Å²) in [5.41, 5.74) is 6.95. The van der Waals surface area contributed by atoms with E-state index in [1.807, 2.05) is 6.92 Å². The Bertz CT molecular complexity index is 605. The second kappa shape index (κ2) is 5.09. The van der Waals surface area contributed by atoms with E-state index in [1.54, 1.807) is 42.8 Å². The van der Waals surface area contributed by atoms with Crippen molar-refractivity contribution in [2.75, 3.05) is 11.1 Å². The summed E-state index contributed by atoms with van der Waals surface area (Å²) in [7, 11) is 0. The molecule has 1 amide bonds. The Morgan fingerprint density at radius 3 is 2.74 bits per heavy atom. The molecule has 2 aromatic rings. The van der Waals surface area contributed by atoms with Crippen molar-refractivity contribution in [2.24, 2.45) is 0 Å². The molecule has 1 atom stereocenters. The van der Waals surface area contributed by atoms with Gasteiger partial charge in [0.25, 0.3) is 0 Å². The molecule has 100 valence electrons. The van der Waals surface area contributed by atoms with E-state index in [1.165, 1.54) is 0 Å². The highest BCUT2D eigenvalue weighted by molar-refractivity contribution is 5.93. The molecule has 1 aromatic heterocycles. The number of carbonyl (C=O) groups excluding carboxylic acids is 1. The predicted molar refractivity (Wildman–Crippen MR) is 73.7 cm³/mol. The molecule has 0 aliphatic carbocycles. The van der Waals surface area contributed by atoms with E-state index in [0.29, 0.717) is 23.0 Å². The molecule has 2 rings (SSSR count). The number of amides is 1. The molecule has 0 aliphatic rings. The summed E-state index contributed by atoms with van der Waals surface area (Å²) in [5, 5.41) is 7.02. The fourth-order valence-corrected chi connectivity index (χ4v) is 1.88. The maximum absolute atomic E-state index is 12.1. The number of nitrogens with zero attached hydrogens (tertiary/aromatic N) is 3. The van der Waals surface area contributed by atoms with Crippen molar-refractivity contribution >= 4 is 17.3 Å². The molecule has 0 saturated carbocycles. The molecular formula is C13H17N5O. The van der Waals surface area contributed by atoms with Crippen LogP contribution in [-0.2, 0) is 4.79 Å². The lowest BCUT2D eigenvalue weighted by Crippen LogP contribution is -2.25. The van der Waals surface area contributed by atoms with Crippen LogP contribution in [0.4, 0.5) is 11.4 Å². The van der Waals surface area contributed by atoms with Crippen LogP contribution in [0, 0.1) is 13.8 Å². The van der Waals surface area contributed by atoms with Gasteiger partial charge in [-0.2, -0.15) is 5.10 Å².